The molecule has 2 aromatic carbocycles. The first-order valence-electron chi connectivity index (χ1n) is 7.54. The normalized spacial score (nSPS) is 10.9. The summed E-state index contributed by atoms with van der Waals surface area (Å²) in [7, 11) is -1.55. The van der Waals surface area contributed by atoms with E-state index >= 15 is 0 Å². The molecule has 0 amide bonds. The van der Waals surface area contributed by atoms with Gasteiger partial charge in [-0.1, -0.05) is 48.5 Å². The van der Waals surface area contributed by atoms with Gasteiger partial charge in [-0.2, -0.15) is 5.10 Å². The van der Waals surface area contributed by atoms with Crippen LogP contribution in [-0.2, 0) is 21.6 Å². The number of aryl methyl sites for hydroxylation is 1. The minimum atomic E-state index is -4.41. The molecule has 0 bridgehead atoms. The van der Waals surface area contributed by atoms with Gasteiger partial charge in [-0.3, -0.25) is 4.18 Å². The van der Waals surface area contributed by atoms with Gasteiger partial charge in [0.15, 0.2) is 7.05 Å². The third kappa shape index (κ3) is 4.99. The molecule has 0 aliphatic heterocycles. The quantitative estimate of drug-likeness (QED) is 0.442. The fraction of sp³-hybridized carbons (Fsp3) is 0.167. The van der Waals surface area contributed by atoms with E-state index in [0.717, 1.165) is 7.11 Å². The highest BCUT2D eigenvalue weighted by atomic mass is 32.3. The molecule has 1 N–H and O–H groups in total. The summed E-state index contributed by atoms with van der Waals surface area (Å²) in [5.41, 5.74) is 6.15. The van der Waals surface area contributed by atoms with Crippen molar-refractivity contribution < 1.29 is 21.8 Å². The summed E-state index contributed by atoms with van der Waals surface area (Å²) in [5, 5.41) is 3.44. The van der Waals surface area contributed by atoms with Crippen LogP contribution in [0.25, 0.3) is 22.5 Å². The zero-order valence-electron chi connectivity index (χ0n) is 14.3. The van der Waals surface area contributed by atoms with Crippen molar-refractivity contribution in [3.63, 3.8) is 0 Å². The van der Waals surface area contributed by atoms with E-state index < -0.39 is 10.4 Å². The molecule has 132 valence electrons. The van der Waals surface area contributed by atoms with E-state index in [-0.39, 0.29) is 0 Å². The van der Waals surface area contributed by atoms with Crippen molar-refractivity contribution in [2.45, 2.75) is 6.92 Å². The molecule has 6 nitrogen and oxygen atoms in total. The van der Waals surface area contributed by atoms with E-state index in [0.29, 0.717) is 0 Å². The van der Waals surface area contributed by atoms with Gasteiger partial charge < -0.3 is 4.55 Å². The molecule has 1 heterocycles. The summed E-state index contributed by atoms with van der Waals surface area (Å²) in [4.78, 5) is 0. The van der Waals surface area contributed by atoms with Crippen LogP contribution in [0.15, 0.2) is 60.7 Å². The van der Waals surface area contributed by atoms with Crippen molar-refractivity contribution in [3.8, 4) is 22.5 Å². The molecule has 0 fully saturated rings. The standard InChI is InChI=1S/C17H16N2.CH4O4S/c1-13-16(14-9-5-3-6-10-14)18-19(2)17(13)15-11-7-4-8-12-15;1-5-6(2,3)4/h3-12H,1-2H3;1H3,(H,2,3,4). The number of benzene rings is 2. The average molecular weight is 360 g/mol. The lowest BCUT2D eigenvalue weighted by molar-refractivity contribution is -0.715. The molecule has 0 aliphatic rings. The molecular formula is C18H20N2O4S. The Morgan fingerprint density at radius 3 is 1.84 bits per heavy atom. The zero-order valence-corrected chi connectivity index (χ0v) is 15.1. The maximum Gasteiger partial charge on any atom is 0.241 e. The number of aromatic nitrogens is 2. The molecule has 0 radical (unpaired) electrons. The lowest BCUT2D eigenvalue weighted by Crippen LogP contribution is -2.32. The molecule has 0 saturated heterocycles. The first-order chi connectivity index (χ1) is 11.8. The van der Waals surface area contributed by atoms with Crippen LogP contribution in [0.1, 0.15) is 5.56 Å². The van der Waals surface area contributed by atoms with Gasteiger partial charge in [0, 0.05) is 11.1 Å². The van der Waals surface area contributed by atoms with Gasteiger partial charge >= 0.3 is 0 Å². The topological polar surface area (TPSA) is 86.1 Å². The monoisotopic (exact) mass is 360 g/mol. The molecule has 1 aromatic heterocycles. The van der Waals surface area contributed by atoms with Crippen LogP contribution in [0, 0.1) is 6.92 Å². The summed E-state index contributed by atoms with van der Waals surface area (Å²) in [6, 6.07) is 20.9. The number of rotatable bonds is 3. The van der Waals surface area contributed by atoms with Crippen LogP contribution in [0.5, 0.6) is 0 Å². The summed E-state index contributed by atoms with van der Waals surface area (Å²) in [6.45, 7) is 2.17. The number of hydrogen-bond acceptors (Lipinski definition) is 4. The Balaban J connectivity index is 0.000000326. The predicted molar refractivity (Wildman–Crippen MR) is 94.3 cm³/mol. The van der Waals surface area contributed by atoms with Gasteiger partial charge in [0.1, 0.15) is 5.69 Å². The molecule has 0 aliphatic carbocycles. The number of hydrogen-bond donors (Lipinski definition) is 1. The SMILES string of the molecule is COS(=O)(=O)[O-].Cc1c(-c2ccccc2)[nH][n+](C)c1-c1ccccc1. The average Bonchev–Trinajstić information content (AvgIpc) is 2.91. The second kappa shape index (κ2) is 8.06. The molecule has 3 rings (SSSR count). The fourth-order valence-corrected chi connectivity index (χ4v) is 2.57. The third-order valence-electron chi connectivity index (χ3n) is 3.66. The maximum atomic E-state index is 9.22. The Labute approximate surface area is 147 Å². The fourth-order valence-electron chi connectivity index (χ4n) is 2.57. The summed E-state index contributed by atoms with van der Waals surface area (Å²) < 4.78 is 33.1. The van der Waals surface area contributed by atoms with Gasteiger partial charge in [0.25, 0.3) is 0 Å². The van der Waals surface area contributed by atoms with Crippen molar-refractivity contribution in [2.75, 3.05) is 7.11 Å². The minimum Gasteiger partial charge on any atom is -0.726 e. The van der Waals surface area contributed by atoms with Gasteiger partial charge in [-0.05, 0) is 19.1 Å². The Morgan fingerprint density at radius 2 is 1.40 bits per heavy atom. The van der Waals surface area contributed by atoms with Crippen molar-refractivity contribution in [1.29, 1.82) is 0 Å². The second-order valence-electron chi connectivity index (χ2n) is 5.33. The molecule has 0 spiro atoms. The molecule has 0 saturated carbocycles. The van der Waals surface area contributed by atoms with E-state index in [1.54, 1.807) is 0 Å². The molecule has 3 aromatic rings. The van der Waals surface area contributed by atoms with E-state index in [2.05, 4.69) is 76.5 Å². The second-order valence-corrected chi connectivity index (χ2v) is 6.48. The lowest BCUT2D eigenvalue weighted by atomic mass is 10.0. The summed E-state index contributed by atoms with van der Waals surface area (Å²) in [6.07, 6.45) is 0. The van der Waals surface area contributed by atoms with Crippen LogP contribution in [0.3, 0.4) is 0 Å². The Kier molecular flexibility index (Phi) is 6.08. The molecule has 25 heavy (non-hydrogen) atoms. The number of H-pyrrole nitrogens is 1. The highest BCUT2D eigenvalue weighted by Crippen LogP contribution is 2.27. The number of nitrogens with one attached hydrogen (secondary N) is 1. The smallest absolute Gasteiger partial charge is 0.241 e. The van der Waals surface area contributed by atoms with E-state index in [1.165, 1.54) is 28.1 Å². The largest absolute Gasteiger partial charge is 0.726 e. The van der Waals surface area contributed by atoms with Gasteiger partial charge in [-0.15, -0.1) is 4.68 Å². The summed E-state index contributed by atoms with van der Waals surface area (Å²) in [5.74, 6) is 0. The van der Waals surface area contributed by atoms with Crippen LogP contribution < -0.4 is 4.68 Å². The third-order valence-corrected chi connectivity index (χ3v) is 4.07. The van der Waals surface area contributed by atoms with Crippen molar-refractivity contribution in [3.05, 3.63) is 66.2 Å². The number of nitrogens with zero attached hydrogens (tertiary/aromatic N) is 1. The van der Waals surface area contributed by atoms with Crippen molar-refractivity contribution in [1.82, 2.24) is 5.10 Å². The van der Waals surface area contributed by atoms with Gasteiger partial charge in [0.05, 0.1) is 12.7 Å². The Bertz CT molecular complexity index is 920. The molecular weight excluding hydrogens is 340 g/mol. The van der Waals surface area contributed by atoms with Crippen LogP contribution in [0.2, 0.25) is 0 Å². The minimum absolute atomic E-state index is 0.808. The van der Waals surface area contributed by atoms with E-state index in [9.17, 15) is 13.0 Å². The van der Waals surface area contributed by atoms with Gasteiger partial charge in [-0.25, -0.2) is 8.42 Å². The molecule has 0 unspecified atom stereocenters. The van der Waals surface area contributed by atoms with Crippen LogP contribution >= 0.6 is 0 Å². The van der Waals surface area contributed by atoms with Gasteiger partial charge in [0.2, 0.25) is 16.1 Å². The first kappa shape index (κ1) is 18.9. The van der Waals surface area contributed by atoms with Crippen molar-refractivity contribution >= 4 is 10.4 Å². The predicted octanol–water partition coefficient (Wildman–Crippen LogP) is 2.57. The zero-order chi connectivity index (χ0) is 18.4. The highest BCUT2D eigenvalue weighted by molar-refractivity contribution is 7.80. The lowest BCUT2D eigenvalue weighted by Gasteiger charge is -1.98. The number of aromatic amines is 1. The molecule has 7 heteroatoms. The van der Waals surface area contributed by atoms with E-state index in [1.807, 2.05) is 12.1 Å². The Morgan fingerprint density at radius 1 is 0.960 bits per heavy atom. The van der Waals surface area contributed by atoms with Crippen molar-refractivity contribution in [2.24, 2.45) is 7.05 Å². The molecule has 0 atom stereocenters. The highest BCUT2D eigenvalue weighted by Gasteiger charge is 2.21. The maximum absolute atomic E-state index is 9.22. The summed E-state index contributed by atoms with van der Waals surface area (Å²) >= 11 is 0. The Hall–Kier alpha value is -2.48. The van der Waals surface area contributed by atoms with Crippen LogP contribution in [0.4, 0.5) is 0 Å². The van der Waals surface area contributed by atoms with E-state index in [4.69, 9.17) is 0 Å². The van der Waals surface area contributed by atoms with Crippen LogP contribution in [-0.4, -0.2) is 25.2 Å². The first-order valence-corrected chi connectivity index (χ1v) is 8.87.